The Kier molecular flexibility index (Phi) is 3.99. The van der Waals surface area contributed by atoms with Gasteiger partial charge in [0.2, 0.25) is 5.91 Å². The Labute approximate surface area is 106 Å². The molecular weight excluding hydrogens is 234 g/mol. The van der Waals surface area contributed by atoms with Gasteiger partial charge in [-0.25, -0.2) is 4.98 Å². The van der Waals surface area contributed by atoms with Crippen molar-refractivity contribution in [3.63, 3.8) is 0 Å². The molecule has 1 aliphatic carbocycles. The maximum absolute atomic E-state index is 11.8. The second-order valence-corrected chi connectivity index (χ2v) is 5.76. The van der Waals surface area contributed by atoms with Crippen LogP contribution in [-0.2, 0) is 4.79 Å². The van der Waals surface area contributed by atoms with Gasteiger partial charge in [0.1, 0.15) is 5.00 Å². The van der Waals surface area contributed by atoms with Gasteiger partial charge in [-0.05, 0) is 25.7 Å². The fourth-order valence-corrected chi connectivity index (χ4v) is 3.03. The number of hydrogen-bond donors (Lipinski definition) is 2. The van der Waals surface area contributed by atoms with Crippen molar-refractivity contribution < 1.29 is 4.79 Å². The fourth-order valence-electron chi connectivity index (χ4n) is 2.29. The Morgan fingerprint density at radius 3 is 2.76 bits per heavy atom. The average molecular weight is 253 g/mol. The molecule has 1 amide bonds. The number of nitrogens with zero attached hydrogens (tertiary/aromatic N) is 1. The number of carbonyl (C=O) groups excluding carboxylic acids is 1. The lowest BCUT2D eigenvalue weighted by molar-refractivity contribution is -0.117. The molecule has 4 nitrogen and oxygen atoms in total. The Morgan fingerprint density at radius 1 is 1.47 bits per heavy atom. The summed E-state index contributed by atoms with van der Waals surface area (Å²) in [4.78, 5) is 16.0. The molecule has 5 heteroatoms. The molecule has 1 fully saturated rings. The van der Waals surface area contributed by atoms with E-state index in [0.717, 1.165) is 5.69 Å². The molecule has 0 aromatic carbocycles. The van der Waals surface area contributed by atoms with E-state index < -0.39 is 0 Å². The van der Waals surface area contributed by atoms with Crippen LogP contribution < -0.4 is 11.1 Å². The van der Waals surface area contributed by atoms with E-state index >= 15 is 0 Å². The third kappa shape index (κ3) is 3.43. The van der Waals surface area contributed by atoms with E-state index in [0.29, 0.717) is 22.5 Å². The molecule has 0 spiro atoms. The zero-order chi connectivity index (χ0) is 12.3. The lowest BCUT2D eigenvalue weighted by Crippen LogP contribution is -2.18. The Balaban J connectivity index is 1.84. The minimum atomic E-state index is 0.0747. The summed E-state index contributed by atoms with van der Waals surface area (Å²) < 4.78 is 0. The number of thiazole rings is 1. The second kappa shape index (κ2) is 5.49. The molecule has 0 unspecified atom stereocenters. The van der Waals surface area contributed by atoms with Crippen molar-refractivity contribution in [1.29, 1.82) is 0 Å². The zero-order valence-corrected chi connectivity index (χ0v) is 11.0. The van der Waals surface area contributed by atoms with Crippen molar-refractivity contribution in [1.82, 2.24) is 4.98 Å². The van der Waals surface area contributed by atoms with Crippen molar-refractivity contribution in [3.05, 3.63) is 5.69 Å². The van der Waals surface area contributed by atoms with Crippen molar-refractivity contribution in [2.75, 3.05) is 11.1 Å². The Morgan fingerprint density at radius 2 is 2.18 bits per heavy atom. The molecule has 1 heterocycles. The average Bonchev–Trinajstić information content (AvgIpc) is 2.59. The van der Waals surface area contributed by atoms with Crippen LogP contribution in [0.5, 0.6) is 0 Å². The highest BCUT2D eigenvalue weighted by Gasteiger charge is 2.17. The minimum absolute atomic E-state index is 0.0747. The van der Waals surface area contributed by atoms with E-state index in [4.69, 9.17) is 5.73 Å². The van der Waals surface area contributed by atoms with Gasteiger partial charge in [-0.1, -0.05) is 30.6 Å². The number of carbonyl (C=O) groups is 1. The maximum atomic E-state index is 11.8. The fraction of sp³-hybridized carbons (Fsp3) is 0.667. The van der Waals surface area contributed by atoms with E-state index in [2.05, 4.69) is 10.3 Å². The van der Waals surface area contributed by atoms with Crippen LogP contribution in [0.25, 0.3) is 0 Å². The van der Waals surface area contributed by atoms with Crippen LogP contribution in [0.2, 0.25) is 0 Å². The number of aryl methyl sites for hydroxylation is 1. The predicted octanol–water partition coefficient (Wildman–Crippen LogP) is 2.94. The Bertz CT molecular complexity index is 377. The lowest BCUT2D eigenvalue weighted by atomic mass is 9.87. The SMILES string of the molecule is Cc1nc(NC(=O)CC2CCCCC2)sc1N. The number of rotatable bonds is 3. The monoisotopic (exact) mass is 253 g/mol. The first-order chi connectivity index (χ1) is 8.15. The minimum Gasteiger partial charge on any atom is -0.389 e. The summed E-state index contributed by atoms with van der Waals surface area (Å²) in [6.07, 6.45) is 6.85. The lowest BCUT2D eigenvalue weighted by Gasteiger charge is -2.20. The molecule has 1 saturated carbocycles. The van der Waals surface area contributed by atoms with Crippen LogP contribution in [0, 0.1) is 12.8 Å². The second-order valence-electron chi connectivity index (χ2n) is 4.73. The summed E-state index contributed by atoms with van der Waals surface area (Å²) >= 11 is 1.34. The molecule has 1 aromatic heterocycles. The molecule has 0 saturated heterocycles. The van der Waals surface area contributed by atoms with Gasteiger partial charge in [0.25, 0.3) is 0 Å². The number of aromatic nitrogens is 1. The van der Waals surface area contributed by atoms with Gasteiger partial charge in [-0.3, -0.25) is 4.79 Å². The number of hydrogen-bond acceptors (Lipinski definition) is 4. The summed E-state index contributed by atoms with van der Waals surface area (Å²) in [5.41, 5.74) is 6.50. The summed E-state index contributed by atoms with van der Waals surface area (Å²) in [6.45, 7) is 1.85. The molecule has 1 aliphatic rings. The van der Waals surface area contributed by atoms with Crippen molar-refractivity contribution in [3.8, 4) is 0 Å². The van der Waals surface area contributed by atoms with Crippen LogP contribution in [0.15, 0.2) is 0 Å². The van der Waals surface area contributed by atoms with Gasteiger partial charge >= 0.3 is 0 Å². The highest BCUT2D eigenvalue weighted by Crippen LogP contribution is 2.28. The van der Waals surface area contributed by atoms with E-state index in [1.807, 2.05) is 6.92 Å². The molecule has 2 rings (SSSR count). The third-order valence-electron chi connectivity index (χ3n) is 3.28. The van der Waals surface area contributed by atoms with Crippen molar-refractivity contribution in [2.24, 2.45) is 5.92 Å². The standard InChI is InChI=1S/C12H19N3OS/c1-8-11(13)17-12(14-8)15-10(16)7-9-5-3-2-4-6-9/h9H,2-7,13H2,1H3,(H,14,15,16). The third-order valence-corrected chi connectivity index (χ3v) is 4.18. The maximum Gasteiger partial charge on any atom is 0.226 e. The first-order valence-electron chi connectivity index (χ1n) is 6.18. The first-order valence-corrected chi connectivity index (χ1v) is 6.99. The number of nitrogens with one attached hydrogen (secondary N) is 1. The molecule has 17 heavy (non-hydrogen) atoms. The quantitative estimate of drug-likeness (QED) is 0.870. The van der Waals surface area contributed by atoms with Gasteiger partial charge in [0.05, 0.1) is 5.69 Å². The van der Waals surface area contributed by atoms with Gasteiger partial charge in [0.15, 0.2) is 5.13 Å². The van der Waals surface area contributed by atoms with Gasteiger partial charge in [0, 0.05) is 6.42 Å². The highest BCUT2D eigenvalue weighted by atomic mass is 32.1. The number of nitrogens with two attached hydrogens (primary N) is 1. The van der Waals surface area contributed by atoms with Crippen LogP contribution in [0.1, 0.15) is 44.2 Å². The summed E-state index contributed by atoms with van der Waals surface area (Å²) in [5, 5.41) is 4.14. The van der Waals surface area contributed by atoms with Gasteiger partial charge in [-0.15, -0.1) is 0 Å². The normalized spacial score (nSPS) is 17.0. The molecule has 0 bridgehead atoms. The molecule has 94 valence electrons. The molecule has 3 N–H and O–H groups in total. The van der Waals surface area contributed by atoms with Gasteiger partial charge < -0.3 is 11.1 Å². The van der Waals surface area contributed by atoms with Crippen molar-refractivity contribution >= 4 is 27.4 Å². The van der Waals surface area contributed by atoms with E-state index in [-0.39, 0.29) is 5.91 Å². The van der Waals surface area contributed by atoms with E-state index in [1.54, 1.807) is 0 Å². The van der Waals surface area contributed by atoms with Crippen molar-refractivity contribution in [2.45, 2.75) is 45.4 Å². The topological polar surface area (TPSA) is 68.0 Å². The first kappa shape index (κ1) is 12.4. The molecule has 0 aliphatic heterocycles. The summed E-state index contributed by atoms with van der Waals surface area (Å²) in [7, 11) is 0. The van der Waals surface area contributed by atoms with E-state index in [1.165, 1.54) is 43.4 Å². The highest BCUT2D eigenvalue weighted by molar-refractivity contribution is 7.19. The molecule has 0 radical (unpaired) electrons. The molecule has 0 atom stereocenters. The van der Waals surface area contributed by atoms with Crippen LogP contribution in [-0.4, -0.2) is 10.9 Å². The smallest absolute Gasteiger partial charge is 0.226 e. The molecular formula is C12H19N3OS. The van der Waals surface area contributed by atoms with E-state index in [9.17, 15) is 4.79 Å². The summed E-state index contributed by atoms with van der Waals surface area (Å²) in [6, 6.07) is 0. The summed E-state index contributed by atoms with van der Waals surface area (Å²) in [5.74, 6) is 0.632. The Hall–Kier alpha value is -1.10. The number of amides is 1. The number of anilines is 2. The van der Waals surface area contributed by atoms with Crippen LogP contribution >= 0.6 is 11.3 Å². The predicted molar refractivity (Wildman–Crippen MR) is 71.1 cm³/mol. The van der Waals surface area contributed by atoms with Crippen LogP contribution in [0.4, 0.5) is 10.1 Å². The molecule has 1 aromatic rings. The number of nitrogen functional groups attached to an aromatic ring is 1. The van der Waals surface area contributed by atoms with Crippen LogP contribution in [0.3, 0.4) is 0 Å². The zero-order valence-electron chi connectivity index (χ0n) is 10.2. The van der Waals surface area contributed by atoms with Gasteiger partial charge in [-0.2, -0.15) is 0 Å². The largest absolute Gasteiger partial charge is 0.389 e.